The van der Waals surface area contributed by atoms with Gasteiger partial charge in [-0.1, -0.05) is 17.2 Å². The Balaban J connectivity index is 0.00000324. The van der Waals surface area contributed by atoms with Gasteiger partial charge in [-0.2, -0.15) is 0 Å². The number of esters is 1. The van der Waals surface area contributed by atoms with Crippen molar-refractivity contribution in [1.29, 1.82) is 0 Å². The minimum atomic E-state index is -5.30. The summed E-state index contributed by atoms with van der Waals surface area (Å²) in [5, 5.41) is 3.14. The van der Waals surface area contributed by atoms with Gasteiger partial charge in [-0.15, -0.1) is 5.46 Å². The molecule has 0 radical (unpaired) electrons. The maximum atomic E-state index is 12.7. The van der Waals surface area contributed by atoms with Gasteiger partial charge in [0.25, 0.3) is 0 Å². The van der Waals surface area contributed by atoms with Gasteiger partial charge in [0.05, 0.1) is 12.7 Å². The maximum Gasteiger partial charge on any atom is 1.00 e. The summed E-state index contributed by atoms with van der Waals surface area (Å²) in [5.74, 6) is -0.913. The Kier molecular flexibility index (Phi) is 7.12. The Morgan fingerprint density at radius 1 is 1.42 bits per heavy atom. The second-order valence-corrected chi connectivity index (χ2v) is 3.47. The predicted molar refractivity (Wildman–Crippen MR) is 60.0 cm³/mol. The Labute approximate surface area is 149 Å². The molecule has 5 nitrogen and oxygen atoms in total. The van der Waals surface area contributed by atoms with E-state index in [4.69, 9.17) is 5.53 Å². The number of ether oxygens (including phenoxy) is 1. The Morgan fingerprint density at radius 2 is 2.00 bits per heavy atom. The van der Waals surface area contributed by atoms with Crippen LogP contribution < -0.4 is 56.8 Å². The van der Waals surface area contributed by atoms with E-state index in [2.05, 4.69) is 14.8 Å². The number of hydrogen-bond donors (Lipinski definition) is 0. The first-order valence-corrected chi connectivity index (χ1v) is 4.79. The Bertz CT molecular complexity index is 544. The number of benzene rings is 1. The fourth-order valence-corrected chi connectivity index (χ4v) is 1.38. The molecule has 10 heteroatoms. The molecular formula is C9H8BF3KN3O2. The second kappa shape index (κ2) is 7.32. The van der Waals surface area contributed by atoms with Crippen LogP contribution in [0.3, 0.4) is 0 Å². The van der Waals surface area contributed by atoms with Gasteiger partial charge in [-0.3, -0.25) is 0 Å². The van der Waals surface area contributed by atoms with Crippen LogP contribution in [0.4, 0.5) is 18.6 Å². The topological polar surface area (TPSA) is 75.1 Å². The number of hydrogen-bond acceptors (Lipinski definition) is 3. The normalized spacial score (nSPS) is 10.2. The van der Waals surface area contributed by atoms with Crippen LogP contribution >= 0.6 is 0 Å². The monoisotopic (exact) mass is 297 g/mol. The van der Waals surface area contributed by atoms with Crippen LogP contribution in [0.5, 0.6) is 0 Å². The minimum Gasteiger partial charge on any atom is -0.465 e. The average molecular weight is 297 g/mol. The summed E-state index contributed by atoms with van der Waals surface area (Å²) in [7, 11) is 1.06. The molecule has 0 spiro atoms. The SMILES string of the molecule is COC(=O)c1cc([B-](F)(F)F)cc(N=[N+]=[N-])c1C.[K+]. The van der Waals surface area contributed by atoms with Crippen molar-refractivity contribution in [2.75, 3.05) is 7.11 Å². The van der Waals surface area contributed by atoms with Crippen molar-refractivity contribution in [3.8, 4) is 0 Å². The van der Waals surface area contributed by atoms with E-state index < -0.39 is 18.4 Å². The van der Waals surface area contributed by atoms with Crippen LogP contribution in [0.25, 0.3) is 10.4 Å². The predicted octanol–water partition coefficient (Wildman–Crippen LogP) is -0.218. The molecular weight excluding hydrogens is 289 g/mol. The second-order valence-electron chi connectivity index (χ2n) is 3.47. The first-order chi connectivity index (χ1) is 8.31. The number of methoxy groups -OCH3 is 1. The zero-order valence-electron chi connectivity index (χ0n) is 10.5. The van der Waals surface area contributed by atoms with Gasteiger partial charge in [0.15, 0.2) is 0 Å². The van der Waals surface area contributed by atoms with E-state index in [0.717, 1.165) is 7.11 Å². The van der Waals surface area contributed by atoms with E-state index in [-0.39, 0.29) is 68.2 Å². The summed E-state index contributed by atoms with van der Waals surface area (Å²) < 4.78 is 42.4. The zero-order valence-corrected chi connectivity index (χ0v) is 13.6. The van der Waals surface area contributed by atoms with Crippen LogP contribution in [0.2, 0.25) is 0 Å². The van der Waals surface area contributed by atoms with Crippen LogP contribution in [0.15, 0.2) is 17.2 Å². The standard InChI is InChI=1S/C9H8BF3N3O2.K/c1-5-7(9(17)18-2)3-6(10(11,12)13)4-8(5)15-16-14;/h3-4H,1-2H3;/q-1;+1. The van der Waals surface area contributed by atoms with Crippen molar-refractivity contribution in [2.45, 2.75) is 6.92 Å². The third-order valence-corrected chi connectivity index (χ3v) is 2.34. The van der Waals surface area contributed by atoms with E-state index in [9.17, 15) is 17.7 Å². The largest absolute Gasteiger partial charge is 1.00 e. The van der Waals surface area contributed by atoms with Crippen molar-refractivity contribution >= 4 is 24.1 Å². The van der Waals surface area contributed by atoms with E-state index in [1.54, 1.807) is 0 Å². The number of carbonyl (C=O) groups excluding carboxylic acids is 1. The quantitative estimate of drug-likeness (QED) is 0.254. The molecule has 0 bridgehead atoms. The molecule has 0 N–H and O–H groups in total. The fraction of sp³-hybridized carbons (Fsp3) is 0.222. The van der Waals surface area contributed by atoms with Gasteiger partial charge in [0.2, 0.25) is 0 Å². The van der Waals surface area contributed by atoms with Crippen LogP contribution in [-0.4, -0.2) is 20.1 Å². The van der Waals surface area contributed by atoms with Crippen LogP contribution in [0.1, 0.15) is 15.9 Å². The maximum absolute atomic E-state index is 12.7. The summed E-state index contributed by atoms with van der Waals surface area (Å²) in [6.45, 7) is -3.92. The first kappa shape index (κ1) is 18.5. The number of rotatable bonds is 3. The number of carbonyl (C=O) groups is 1. The van der Waals surface area contributed by atoms with Crippen LogP contribution in [-0.2, 0) is 4.74 Å². The van der Waals surface area contributed by atoms with Gasteiger partial charge >= 0.3 is 64.3 Å². The molecule has 19 heavy (non-hydrogen) atoms. The van der Waals surface area contributed by atoms with Gasteiger partial charge in [0, 0.05) is 10.6 Å². The number of nitrogens with zero attached hydrogens (tertiary/aromatic N) is 3. The molecule has 0 aromatic heterocycles. The van der Waals surface area contributed by atoms with E-state index in [1.807, 2.05) is 0 Å². The average Bonchev–Trinajstić information content (AvgIpc) is 2.29. The summed E-state index contributed by atoms with van der Waals surface area (Å²) >= 11 is 0. The molecule has 0 fully saturated rings. The molecule has 0 heterocycles. The molecule has 1 aromatic rings. The van der Waals surface area contributed by atoms with Gasteiger partial charge in [0.1, 0.15) is 0 Å². The van der Waals surface area contributed by atoms with Crippen molar-refractivity contribution in [3.05, 3.63) is 33.7 Å². The molecule has 1 aromatic carbocycles. The Morgan fingerprint density at radius 3 is 2.42 bits per heavy atom. The van der Waals surface area contributed by atoms with Crippen LogP contribution in [0, 0.1) is 6.92 Å². The fourth-order valence-electron chi connectivity index (χ4n) is 1.38. The molecule has 0 unspecified atom stereocenters. The first-order valence-electron chi connectivity index (χ1n) is 4.79. The molecule has 96 valence electrons. The van der Waals surface area contributed by atoms with E-state index in [0.29, 0.717) is 12.1 Å². The third-order valence-electron chi connectivity index (χ3n) is 2.34. The molecule has 0 saturated heterocycles. The number of azide groups is 1. The number of halogens is 3. The summed E-state index contributed by atoms with van der Waals surface area (Å²) in [5.41, 5.74) is 6.91. The minimum absolute atomic E-state index is 0. The van der Waals surface area contributed by atoms with Gasteiger partial charge in [-0.25, -0.2) is 4.79 Å². The Hall–Kier alpha value is -0.509. The summed E-state index contributed by atoms with van der Waals surface area (Å²) in [4.78, 5) is 13.8. The van der Waals surface area contributed by atoms with Gasteiger partial charge < -0.3 is 17.7 Å². The third kappa shape index (κ3) is 4.51. The van der Waals surface area contributed by atoms with Crippen molar-refractivity contribution < 1.29 is 73.9 Å². The van der Waals surface area contributed by atoms with Crippen molar-refractivity contribution in [2.24, 2.45) is 5.11 Å². The molecule has 0 amide bonds. The molecule has 0 saturated carbocycles. The van der Waals surface area contributed by atoms with E-state index >= 15 is 0 Å². The van der Waals surface area contributed by atoms with Gasteiger partial charge in [-0.05, 0) is 18.0 Å². The molecule has 1 rings (SSSR count). The van der Waals surface area contributed by atoms with E-state index in [1.165, 1.54) is 6.92 Å². The smallest absolute Gasteiger partial charge is 0.465 e. The molecule has 0 atom stereocenters. The summed E-state index contributed by atoms with van der Waals surface area (Å²) in [6, 6.07) is 1.40. The molecule has 0 aliphatic rings. The molecule has 0 aliphatic carbocycles. The summed E-state index contributed by atoms with van der Waals surface area (Å²) in [6.07, 6.45) is 0. The zero-order chi connectivity index (χ0) is 13.9. The van der Waals surface area contributed by atoms with Crippen molar-refractivity contribution in [3.63, 3.8) is 0 Å². The van der Waals surface area contributed by atoms with Crippen molar-refractivity contribution in [1.82, 2.24) is 0 Å². The molecule has 0 aliphatic heterocycles.